The van der Waals surface area contributed by atoms with Crippen molar-refractivity contribution in [1.29, 1.82) is 0 Å². The van der Waals surface area contributed by atoms with E-state index in [9.17, 15) is 4.79 Å². The molecule has 0 spiro atoms. The van der Waals surface area contributed by atoms with Crippen LogP contribution in [0.4, 0.5) is 11.5 Å². The number of carbonyl (C=O) groups is 1. The number of ether oxygens (including phenoxy) is 1. The molecule has 116 valence electrons. The van der Waals surface area contributed by atoms with Crippen LogP contribution in [0.1, 0.15) is 21.6 Å². The van der Waals surface area contributed by atoms with Crippen LogP contribution in [-0.4, -0.2) is 36.1 Å². The van der Waals surface area contributed by atoms with Gasteiger partial charge in [-0.15, -0.1) is 0 Å². The highest BCUT2D eigenvalue weighted by molar-refractivity contribution is 5.93. The molecule has 0 atom stereocenters. The molecule has 2 rings (SSSR count). The largest absolute Gasteiger partial charge is 0.383 e. The average molecular weight is 300 g/mol. The molecule has 0 bridgehead atoms. The Morgan fingerprint density at radius 2 is 1.95 bits per heavy atom. The van der Waals surface area contributed by atoms with E-state index in [1.165, 1.54) is 6.33 Å². The summed E-state index contributed by atoms with van der Waals surface area (Å²) < 4.78 is 4.90. The first-order valence-corrected chi connectivity index (χ1v) is 7.04. The molecule has 0 aliphatic heterocycles. The number of amides is 1. The predicted molar refractivity (Wildman–Crippen MR) is 85.4 cm³/mol. The van der Waals surface area contributed by atoms with Crippen LogP contribution < -0.4 is 10.6 Å². The van der Waals surface area contributed by atoms with Crippen LogP contribution in [0.25, 0.3) is 0 Å². The number of nitrogens with one attached hydrogen (secondary N) is 2. The quantitative estimate of drug-likeness (QED) is 0.800. The third-order valence-electron chi connectivity index (χ3n) is 3.23. The van der Waals surface area contributed by atoms with E-state index >= 15 is 0 Å². The molecule has 6 heteroatoms. The summed E-state index contributed by atoms with van der Waals surface area (Å²) in [5.41, 5.74) is 3.54. The van der Waals surface area contributed by atoms with E-state index < -0.39 is 0 Å². The molecule has 0 aliphatic carbocycles. The smallest absolute Gasteiger partial charge is 0.270 e. The maximum Gasteiger partial charge on any atom is 0.270 e. The second-order valence-electron chi connectivity index (χ2n) is 4.93. The topological polar surface area (TPSA) is 76.1 Å². The van der Waals surface area contributed by atoms with Crippen molar-refractivity contribution in [1.82, 2.24) is 15.3 Å². The summed E-state index contributed by atoms with van der Waals surface area (Å²) in [5, 5.41) is 5.98. The molecule has 0 saturated carbocycles. The van der Waals surface area contributed by atoms with Crippen LogP contribution in [0.5, 0.6) is 0 Å². The highest BCUT2D eigenvalue weighted by atomic mass is 16.5. The van der Waals surface area contributed by atoms with Crippen LogP contribution in [0, 0.1) is 13.8 Å². The fourth-order valence-electron chi connectivity index (χ4n) is 2.05. The van der Waals surface area contributed by atoms with E-state index in [2.05, 4.69) is 20.6 Å². The Kier molecular flexibility index (Phi) is 5.43. The Morgan fingerprint density at radius 3 is 2.64 bits per heavy atom. The minimum Gasteiger partial charge on any atom is -0.383 e. The van der Waals surface area contributed by atoms with Gasteiger partial charge in [-0.05, 0) is 25.0 Å². The Balaban J connectivity index is 2.13. The number of methoxy groups -OCH3 is 1. The maximum absolute atomic E-state index is 12.0. The molecule has 2 N–H and O–H groups in total. The van der Waals surface area contributed by atoms with E-state index in [1.54, 1.807) is 13.2 Å². The number of aromatic nitrogens is 2. The van der Waals surface area contributed by atoms with Gasteiger partial charge in [0, 0.05) is 25.4 Å². The molecule has 1 heterocycles. The normalized spacial score (nSPS) is 10.3. The molecule has 0 unspecified atom stereocenters. The van der Waals surface area contributed by atoms with Crippen LogP contribution in [-0.2, 0) is 4.74 Å². The fraction of sp³-hybridized carbons (Fsp3) is 0.312. The molecular formula is C16H20N4O2. The first-order valence-electron chi connectivity index (χ1n) is 7.04. The van der Waals surface area contributed by atoms with Crippen molar-refractivity contribution in [3.05, 3.63) is 47.4 Å². The molecule has 6 nitrogen and oxygen atoms in total. The number of benzene rings is 1. The van der Waals surface area contributed by atoms with E-state index in [-0.39, 0.29) is 5.91 Å². The van der Waals surface area contributed by atoms with Crippen molar-refractivity contribution in [3.8, 4) is 0 Å². The van der Waals surface area contributed by atoms with Gasteiger partial charge in [-0.3, -0.25) is 4.79 Å². The lowest BCUT2D eigenvalue weighted by Gasteiger charge is -2.12. The lowest BCUT2D eigenvalue weighted by Crippen LogP contribution is -2.27. The van der Waals surface area contributed by atoms with Crippen molar-refractivity contribution >= 4 is 17.4 Å². The first-order chi connectivity index (χ1) is 10.6. The Bertz CT molecular complexity index is 638. The van der Waals surface area contributed by atoms with Gasteiger partial charge in [-0.2, -0.15) is 0 Å². The average Bonchev–Trinajstić information content (AvgIpc) is 2.51. The second-order valence-corrected chi connectivity index (χ2v) is 4.93. The van der Waals surface area contributed by atoms with Crippen molar-refractivity contribution in [2.24, 2.45) is 0 Å². The molecule has 1 amide bonds. The number of carbonyl (C=O) groups excluding carboxylic acids is 1. The van der Waals surface area contributed by atoms with Crippen molar-refractivity contribution < 1.29 is 9.53 Å². The predicted octanol–water partition coefficient (Wildman–Crippen LogP) is 2.21. The highest BCUT2D eigenvalue weighted by Crippen LogP contribution is 2.23. The molecule has 2 aromatic rings. The number of nitrogens with zero attached hydrogens (tertiary/aromatic N) is 2. The van der Waals surface area contributed by atoms with Crippen LogP contribution in [0.2, 0.25) is 0 Å². The van der Waals surface area contributed by atoms with Gasteiger partial charge >= 0.3 is 0 Å². The van der Waals surface area contributed by atoms with Crippen LogP contribution in [0.15, 0.2) is 30.6 Å². The maximum atomic E-state index is 12.0. The fourth-order valence-corrected chi connectivity index (χ4v) is 2.05. The standard InChI is InChI=1S/C16H20N4O2/c1-11-5-4-6-12(2)15(11)20-14-9-13(18-10-19-14)16(21)17-7-8-22-3/h4-6,9-10H,7-8H2,1-3H3,(H,17,21)(H,18,19,20). The Labute approximate surface area is 129 Å². The van der Waals surface area contributed by atoms with Gasteiger partial charge in [0.25, 0.3) is 5.91 Å². The Hall–Kier alpha value is -2.47. The number of hydrogen-bond donors (Lipinski definition) is 2. The third-order valence-corrected chi connectivity index (χ3v) is 3.23. The van der Waals surface area contributed by atoms with Gasteiger partial charge in [0.1, 0.15) is 17.8 Å². The zero-order valence-corrected chi connectivity index (χ0v) is 13.0. The van der Waals surface area contributed by atoms with E-state index in [1.807, 2.05) is 32.0 Å². The third kappa shape index (κ3) is 4.02. The van der Waals surface area contributed by atoms with Crippen molar-refractivity contribution in [2.75, 3.05) is 25.6 Å². The van der Waals surface area contributed by atoms with E-state index in [4.69, 9.17) is 4.74 Å². The van der Waals surface area contributed by atoms with Gasteiger partial charge in [-0.1, -0.05) is 18.2 Å². The lowest BCUT2D eigenvalue weighted by molar-refractivity contribution is 0.0932. The Morgan fingerprint density at radius 1 is 1.23 bits per heavy atom. The second kappa shape index (κ2) is 7.51. The van der Waals surface area contributed by atoms with Gasteiger partial charge in [-0.25, -0.2) is 9.97 Å². The van der Waals surface area contributed by atoms with E-state index in [0.717, 1.165) is 16.8 Å². The van der Waals surface area contributed by atoms with Gasteiger partial charge in [0.05, 0.1) is 6.61 Å². The van der Waals surface area contributed by atoms with Crippen LogP contribution >= 0.6 is 0 Å². The summed E-state index contributed by atoms with van der Waals surface area (Å²) >= 11 is 0. The molecule has 1 aromatic carbocycles. The molecule has 1 aromatic heterocycles. The molecule has 22 heavy (non-hydrogen) atoms. The van der Waals surface area contributed by atoms with Gasteiger partial charge in [0.2, 0.25) is 0 Å². The summed E-state index contributed by atoms with van der Waals surface area (Å²) in [7, 11) is 1.59. The number of anilines is 2. The summed E-state index contributed by atoms with van der Waals surface area (Å²) in [6, 6.07) is 7.68. The van der Waals surface area contributed by atoms with Crippen molar-refractivity contribution in [3.63, 3.8) is 0 Å². The SMILES string of the molecule is COCCNC(=O)c1cc(Nc2c(C)cccc2C)ncn1. The summed E-state index contributed by atoms with van der Waals surface area (Å²) in [4.78, 5) is 20.1. The minimum absolute atomic E-state index is 0.246. The molecule has 0 radical (unpaired) electrons. The number of hydrogen-bond acceptors (Lipinski definition) is 5. The number of para-hydroxylation sites is 1. The zero-order valence-electron chi connectivity index (χ0n) is 13.0. The van der Waals surface area contributed by atoms with Gasteiger partial charge in [0.15, 0.2) is 0 Å². The molecule has 0 aliphatic rings. The summed E-state index contributed by atoms with van der Waals surface area (Å²) in [5.74, 6) is 0.341. The monoisotopic (exact) mass is 300 g/mol. The molecular weight excluding hydrogens is 280 g/mol. The number of aryl methyl sites for hydroxylation is 2. The summed E-state index contributed by atoms with van der Waals surface area (Å²) in [6.45, 7) is 4.95. The van der Waals surface area contributed by atoms with Crippen LogP contribution in [0.3, 0.4) is 0 Å². The molecule has 0 fully saturated rings. The van der Waals surface area contributed by atoms with E-state index in [0.29, 0.717) is 24.7 Å². The van der Waals surface area contributed by atoms with Gasteiger partial charge < -0.3 is 15.4 Å². The van der Waals surface area contributed by atoms with Crippen molar-refractivity contribution in [2.45, 2.75) is 13.8 Å². The lowest BCUT2D eigenvalue weighted by atomic mass is 10.1. The minimum atomic E-state index is -0.246. The summed E-state index contributed by atoms with van der Waals surface area (Å²) in [6.07, 6.45) is 1.38. The zero-order chi connectivity index (χ0) is 15.9. The number of rotatable bonds is 6. The molecule has 0 saturated heterocycles. The highest BCUT2D eigenvalue weighted by Gasteiger charge is 2.09. The first kappa shape index (κ1) is 15.9.